The van der Waals surface area contributed by atoms with E-state index in [1.165, 1.54) is 194 Å². The van der Waals surface area contributed by atoms with Gasteiger partial charge in [-0.05, 0) is 201 Å². The van der Waals surface area contributed by atoms with Gasteiger partial charge in [0.15, 0.2) is 46.0 Å². The molecule has 0 aliphatic carbocycles. The van der Waals surface area contributed by atoms with Crippen LogP contribution in [0.15, 0.2) is 282 Å². The minimum Gasteiger partial charge on any atom is -0.378 e. The zero-order valence-corrected chi connectivity index (χ0v) is 75.6. The predicted molar refractivity (Wildman–Crippen MR) is 466 cm³/mol. The molecule has 0 fully saturated rings. The fraction of sp³-hybridized carbons (Fsp3) is 0.0909. The SMILES string of the molecule is Cc1ccc(S(=O)(=O)Oc2ccc(OS(=O)(=O)c3ccc(C)cc3)c3c2-c2nc-3nc3[n-]c(nc4nc(nc5[n-]c(n2)c2c(OS(=O)(=O)c6ccc(C)cc6)ccc(OS(=O)(=O)c6ccc(C)cc6)c52)-c2c(OS(=O)(=O)c5ccc(C)cc5)ccc(OS(=O)(=O)c5ccc(C)cc5)c2-4)c2c(OS(=O)(=O)c4ccc(C)cc4)ccc(OS(=O)(=O)c4ccc(C)cc4)c32)cc1.[Ni+2]. The Bertz CT molecular complexity index is 7390. The van der Waals surface area contributed by atoms with Crippen LogP contribution in [0.4, 0.5) is 0 Å². The van der Waals surface area contributed by atoms with E-state index < -0.39 is 256 Å². The molecule has 0 spiro atoms. The average Bonchev–Trinajstić information content (AvgIpc) is 1.57. The molecule has 0 N–H and O–H groups in total. The Balaban J connectivity index is 0.0000122. The molecule has 5 heterocycles. The molecule has 129 heavy (non-hydrogen) atoms. The molecule has 41 heteroatoms. The van der Waals surface area contributed by atoms with Crippen LogP contribution in [0.3, 0.4) is 0 Å². The molecule has 3 aromatic heterocycles. The van der Waals surface area contributed by atoms with E-state index in [1.807, 2.05) is 0 Å². The minimum atomic E-state index is -5.12. The van der Waals surface area contributed by atoms with Crippen LogP contribution in [0.2, 0.25) is 0 Å². The molecule has 8 bridgehead atoms. The molecule has 2 aliphatic heterocycles. The van der Waals surface area contributed by atoms with Crippen LogP contribution in [0.1, 0.15) is 44.5 Å². The third-order valence-electron chi connectivity index (χ3n) is 20.1. The van der Waals surface area contributed by atoms with E-state index in [0.29, 0.717) is 44.5 Å². The Kier molecular flexibility index (Phi) is 22.9. The number of fused-ring (bicyclic) bond motifs is 20. The van der Waals surface area contributed by atoms with Crippen LogP contribution in [-0.4, -0.2) is 97.2 Å². The van der Waals surface area contributed by atoms with Crippen molar-refractivity contribution in [2.75, 3.05) is 0 Å². The molecule has 15 aromatic rings. The quantitative estimate of drug-likeness (QED) is 0.0400. The molecule has 0 saturated carbocycles. The smallest absolute Gasteiger partial charge is 0.378 e. The molecule has 17 rings (SSSR count). The molecule has 0 saturated heterocycles. The van der Waals surface area contributed by atoms with Crippen LogP contribution < -0.4 is 43.4 Å². The zero-order chi connectivity index (χ0) is 90.7. The van der Waals surface area contributed by atoms with E-state index >= 15 is 67.3 Å². The molecule has 0 unspecified atom stereocenters. The second-order valence-corrected chi connectivity index (χ2v) is 41.9. The maximum atomic E-state index is 15.1. The number of aryl methyl sites for hydroxylation is 8. The van der Waals surface area contributed by atoms with Crippen molar-refractivity contribution in [1.29, 1.82) is 0 Å². The van der Waals surface area contributed by atoms with Crippen molar-refractivity contribution >= 4 is 125 Å². The molecule has 12 aromatic carbocycles. The van der Waals surface area contributed by atoms with E-state index in [0.717, 1.165) is 48.5 Å². The van der Waals surface area contributed by atoms with E-state index in [-0.39, 0.29) is 16.5 Å². The Hall–Kier alpha value is -13.5. The topological polar surface area (TPSA) is 452 Å². The molecular weight excluding hydrogens is 1870 g/mol. The minimum absolute atomic E-state index is 0. The van der Waals surface area contributed by atoms with Gasteiger partial charge in [-0.1, -0.05) is 142 Å². The number of benzene rings is 12. The average molecular weight is 1930 g/mol. The van der Waals surface area contributed by atoms with Crippen LogP contribution in [-0.2, 0) is 97.4 Å². The summed E-state index contributed by atoms with van der Waals surface area (Å²) in [7, 11) is -41.0. The second-order valence-electron chi connectivity index (χ2n) is 29.5. The fourth-order valence-electron chi connectivity index (χ4n) is 13.5. The molecule has 0 atom stereocenters. The van der Waals surface area contributed by atoms with E-state index in [2.05, 4.69) is 0 Å². The van der Waals surface area contributed by atoms with Gasteiger partial charge in [0.05, 0.1) is 45.6 Å². The van der Waals surface area contributed by atoms with Crippen LogP contribution in [0.25, 0.3) is 89.7 Å². The first-order valence-corrected chi connectivity index (χ1v) is 49.3. The van der Waals surface area contributed by atoms with Crippen molar-refractivity contribution < 1.29 is 117 Å². The zero-order valence-electron chi connectivity index (χ0n) is 68.1. The van der Waals surface area contributed by atoms with Gasteiger partial charge in [0.2, 0.25) is 0 Å². The summed E-state index contributed by atoms with van der Waals surface area (Å²) in [5.41, 5.74) is -1.41. The summed E-state index contributed by atoms with van der Waals surface area (Å²) in [6.45, 7) is 13.4. The van der Waals surface area contributed by atoms with Crippen LogP contribution >= 0.6 is 0 Å². The first kappa shape index (κ1) is 88.9. The first-order valence-electron chi connectivity index (χ1n) is 38.1. The van der Waals surface area contributed by atoms with Gasteiger partial charge >= 0.3 is 97.4 Å². The van der Waals surface area contributed by atoms with Gasteiger partial charge < -0.3 is 63.4 Å². The molecule has 32 nitrogen and oxygen atoms in total. The summed E-state index contributed by atoms with van der Waals surface area (Å²) in [6.07, 6.45) is 0. The summed E-state index contributed by atoms with van der Waals surface area (Å²) in [5.74, 6) is -9.72. The molecule has 0 radical (unpaired) electrons. The summed E-state index contributed by atoms with van der Waals surface area (Å²) < 4.78 is 290. The number of hydrogen-bond donors (Lipinski definition) is 0. The van der Waals surface area contributed by atoms with Gasteiger partial charge in [0.1, 0.15) is 39.2 Å². The largest absolute Gasteiger partial charge is 2.00 e. The number of rotatable bonds is 24. The third-order valence-corrected chi connectivity index (χ3v) is 30.1. The van der Waals surface area contributed by atoms with Gasteiger partial charge in [-0.25, -0.2) is 9.97 Å². The first-order chi connectivity index (χ1) is 60.6. The predicted octanol–water partition coefficient (Wildman–Crippen LogP) is 14.7. The number of nitrogens with zero attached hydrogens (tertiary/aromatic N) is 8. The van der Waals surface area contributed by atoms with Gasteiger partial charge in [0, 0.05) is 44.1 Å². The Labute approximate surface area is 749 Å². The Morgan fingerprint density at radius 1 is 0.178 bits per heavy atom. The van der Waals surface area contributed by atoms with Crippen LogP contribution in [0, 0.1) is 55.4 Å². The summed E-state index contributed by atoms with van der Waals surface area (Å²) in [6, 6.07) is 50.0. The molecule has 658 valence electrons. The maximum Gasteiger partial charge on any atom is 2.00 e. The monoisotopic (exact) mass is 1930 g/mol. The Morgan fingerprint density at radius 3 is 0.442 bits per heavy atom. The van der Waals surface area contributed by atoms with E-state index in [1.54, 1.807) is 55.4 Å². The normalized spacial score (nSPS) is 12.5. The van der Waals surface area contributed by atoms with E-state index in [9.17, 15) is 0 Å². The van der Waals surface area contributed by atoms with Crippen molar-refractivity contribution in [3.63, 3.8) is 0 Å². The summed E-state index contributed by atoms with van der Waals surface area (Å²) in [5, 5.41) is -2.76. The van der Waals surface area contributed by atoms with Crippen molar-refractivity contribution in [2.45, 2.75) is 94.6 Å². The van der Waals surface area contributed by atoms with Crippen LogP contribution in [0.5, 0.6) is 46.0 Å². The second kappa shape index (κ2) is 33.3. The molecule has 0 amide bonds. The fourth-order valence-corrected chi connectivity index (χ4v) is 21.0. The van der Waals surface area contributed by atoms with Gasteiger partial charge in [-0.2, -0.15) is 67.3 Å². The van der Waals surface area contributed by atoms with E-state index in [4.69, 9.17) is 73.3 Å². The third kappa shape index (κ3) is 17.7. The number of hydrogen-bond acceptors (Lipinski definition) is 30. The van der Waals surface area contributed by atoms with Gasteiger partial charge in [-0.15, -0.1) is 0 Å². The summed E-state index contributed by atoms with van der Waals surface area (Å²) >= 11 is 0. The van der Waals surface area contributed by atoms with Gasteiger partial charge in [-0.3, -0.25) is 0 Å². The molecular formula is C88H64N8NiO24S8. The van der Waals surface area contributed by atoms with Gasteiger partial charge in [0.25, 0.3) is 0 Å². The molecule has 2 aliphatic rings. The van der Waals surface area contributed by atoms with Crippen molar-refractivity contribution in [1.82, 2.24) is 39.9 Å². The van der Waals surface area contributed by atoms with Crippen molar-refractivity contribution in [3.8, 4) is 91.5 Å². The number of aromatic nitrogens is 8. The maximum absolute atomic E-state index is 15.1. The standard InChI is InChI=1S/C88H64N8O24S8.Ni/c1-49-9-25-57(26-10-49)121(97,98)113-65-41-42-66(114-122(99,100)58-27-11-50(2)12-28-58)74-73(65)81-89-82(74)94-84-77-69(117-125(105,106)61-33-17-53(5)18-34-61)45-46-70(118-126(107,108)62-35-19-54(6)20-36-62)78(77)86(91-84)96-88-80-72(120-128(111,112)64-39-23-56(8)24-40-64)48-47-71(119-127(109,110)63-37-21-55(7)22-38-63)79(80)87(92-88)95-85-76-68(116-124(103,104)60-31-15-52(4)16-32-60)44-43-67(75(76)83(90-85)93-81)115-123(101,102)59-29-13-51(3)14-30-59;/h9-48H,1-8H3;/q-2;+2. The summed E-state index contributed by atoms with van der Waals surface area (Å²) in [4.78, 5) is 35.6. The Morgan fingerprint density at radius 2 is 0.302 bits per heavy atom. The van der Waals surface area contributed by atoms with Crippen molar-refractivity contribution in [3.05, 3.63) is 287 Å². The van der Waals surface area contributed by atoms with Crippen molar-refractivity contribution in [2.24, 2.45) is 0 Å².